The van der Waals surface area contributed by atoms with E-state index in [1.165, 1.54) is 18.2 Å². The Kier molecular flexibility index (Phi) is 8.31. The highest BCUT2D eigenvalue weighted by Gasteiger charge is 2.31. The number of pyridine rings is 1. The van der Waals surface area contributed by atoms with Crippen LogP contribution in [0.2, 0.25) is 0 Å². The molecule has 0 aliphatic carbocycles. The van der Waals surface area contributed by atoms with Gasteiger partial charge in [0.15, 0.2) is 4.90 Å². The fourth-order valence-electron chi connectivity index (χ4n) is 4.48. The fourth-order valence-corrected chi connectivity index (χ4v) is 5.00. The molecule has 11 heteroatoms. The second-order valence-corrected chi connectivity index (χ2v) is 10.7. The number of carbonyl (C=O) groups is 1. The van der Waals surface area contributed by atoms with Crippen LogP contribution in [-0.4, -0.2) is 50.5 Å². The number of carbonyl (C=O) groups excluding carboxylic acids is 1. The fraction of sp³-hybridized carbons (Fsp3) is 0.333. The third-order valence-electron chi connectivity index (χ3n) is 6.58. The number of hydrogen-bond donors (Lipinski definition) is 2. The highest BCUT2D eigenvalue weighted by Crippen LogP contribution is 2.30. The van der Waals surface area contributed by atoms with E-state index in [4.69, 9.17) is 0 Å². The summed E-state index contributed by atoms with van der Waals surface area (Å²) in [6, 6.07) is 12.7. The molecule has 1 aliphatic heterocycles. The molecule has 0 radical (unpaired) electrons. The van der Waals surface area contributed by atoms with Crippen molar-refractivity contribution in [2.45, 2.75) is 43.6 Å². The Bertz CT molecular complexity index is 1370. The molecule has 0 saturated carbocycles. The summed E-state index contributed by atoms with van der Waals surface area (Å²) in [7, 11) is 0. The van der Waals surface area contributed by atoms with Crippen LogP contribution in [0.15, 0.2) is 64.3 Å². The number of hydrogen-bond acceptors (Lipinski definition) is 5. The highest BCUT2D eigenvalue weighted by atomic mass is 32.2. The van der Waals surface area contributed by atoms with Crippen molar-refractivity contribution in [2.24, 2.45) is 0 Å². The van der Waals surface area contributed by atoms with Crippen molar-refractivity contribution in [1.82, 2.24) is 14.8 Å². The number of amides is 1. The number of nitrogens with zero attached hydrogens (tertiary/aromatic N) is 2. The lowest BCUT2D eigenvalue weighted by Gasteiger charge is -2.21. The van der Waals surface area contributed by atoms with Gasteiger partial charge >= 0.3 is 6.18 Å². The van der Waals surface area contributed by atoms with Gasteiger partial charge in [-0.15, -0.1) is 0 Å². The molecule has 2 unspecified atom stereocenters. The average Bonchev–Trinajstić information content (AvgIpc) is 3.28. The molecule has 1 fully saturated rings. The van der Waals surface area contributed by atoms with Crippen LogP contribution in [0.1, 0.15) is 39.2 Å². The number of nitrogens with one attached hydrogen (secondary N) is 1. The third kappa shape index (κ3) is 6.29. The zero-order chi connectivity index (χ0) is 27.6. The monoisotopic (exact) mass is 547 g/mol. The smallest absolute Gasteiger partial charge is 0.416 e. The van der Waals surface area contributed by atoms with E-state index < -0.39 is 40.5 Å². The summed E-state index contributed by atoms with van der Waals surface area (Å²) in [5, 5.41) is 12.6. The molecule has 0 bridgehead atoms. The van der Waals surface area contributed by atoms with Gasteiger partial charge < -0.3 is 15.0 Å². The van der Waals surface area contributed by atoms with Crippen molar-refractivity contribution < 1.29 is 27.6 Å². The second-order valence-electron chi connectivity index (χ2n) is 9.32. The first-order chi connectivity index (χ1) is 17.9. The number of likely N-dealkylation sites (tertiary alicyclic amines) is 1. The SMILES string of the molecule is Cc1c(CN2CCC(O)C2)cc(C(=O)NCc2ccc([S+](C)[O-])cc2)c(=O)n1-c1cccc(C(F)(F)F)c1. The van der Waals surface area contributed by atoms with E-state index in [1.807, 2.05) is 4.90 Å². The van der Waals surface area contributed by atoms with Crippen LogP contribution in [0.5, 0.6) is 0 Å². The highest BCUT2D eigenvalue weighted by molar-refractivity contribution is 7.90. The Balaban J connectivity index is 1.71. The number of β-amino-alcohol motifs (C(OH)–C–C–N with tert-alkyl or cyclic N) is 1. The quantitative estimate of drug-likeness (QED) is 0.442. The van der Waals surface area contributed by atoms with Gasteiger partial charge in [-0.3, -0.25) is 19.1 Å². The molecule has 0 spiro atoms. The Morgan fingerprint density at radius 2 is 1.89 bits per heavy atom. The van der Waals surface area contributed by atoms with Gasteiger partial charge in [0.1, 0.15) is 11.8 Å². The van der Waals surface area contributed by atoms with Crippen molar-refractivity contribution in [3.05, 3.63) is 92.9 Å². The molecule has 7 nitrogen and oxygen atoms in total. The predicted molar refractivity (Wildman–Crippen MR) is 138 cm³/mol. The molecule has 1 amide bonds. The Morgan fingerprint density at radius 1 is 1.18 bits per heavy atom. The molecule has 2 aromatic carbocycles. The van der Waals surface area contributed by atoms with Crippen molar-refractivity contribution >= 4 is 17.1 Å². The largest absolute Gasteiger partial charge is 0.612 e. The topological polar surface area (TPSA) is 97.6 Å². The maximum absolute atomic E-state index is 13.5. The molecule has 4 rings (SSSR count). The van der Waals surface area contributed by atoms with E-state index in [2.05, 4.69) is 5.32 Å². The van der Waals surface area contributed by atoms with Gasteiger partial charge in [0.2, 0.25) is 0 Å². The van der Waals surface area contributed by atoms with Crippen molar-refractivity contribution in [1.29, 1.82) is 0 Å². The lowest BCUT2D eigenvalue weighted by Crippen LogP contribution is -2.35. The van der Waals surface area contributed by atoms with Crippen LogP contribution in [0.25, 0.3) is 5.69 Å². The van der Waals surface area contributed by atoms with Gasteiger partial charge in [0, 0.05) is 37.6 Å². The molecule has 3 aromatic rings. The number of halogens is 3. The minimum atomic E-state index is -4.60. The Hall–Kier alpha value is -3.12. The van der Waals surface area contributed by atoms with E-state index in [1.54, 1.807) is 37.4 Å². The number of benzene rings is 2. The van der Waals surface area contributed by atoms with E-state index in [0.717, 1.165) is 22.3 Å². The molecule has 1 saturated heterocycles. The molecular weight excluding hydrogens is 519 g/mol. The van der Waals surface area contributed by atoms with Crippen LogP contribution in [0.3, 0.4) is 0 Å². The third-order valence-corrected chi connectivity index (χ3v) is 7.51. The van der Waals surface area contributed by atoms with E-state index in [-0.39, 0.29) is 17.8 Å². The summed E-state index contributed by atoms with van der Waals surface area (Å²) >= 11 is -1.14. The van der Waals surface area contributed by atoms with Crippen LogP contribution in [0, 0.1) is 6.92 Å². The van der Waals surface area contributed by atoms with Gasteiger partial charge in [0.05, 0.1) is 11.7 Å². The molecule has 1 aliphatic rings. The summed E-state index contributed by atoms with van der Waals surface area (Å²) in [4.78, 5) is 29.3. The standard InChI is InChI=1S/C27H28F3N3O4S/c1-17-19(15-32-11-10-22(34)16-32)12-24(25(35)31-14-18-6-8-23(9-7-18)38(2)37)26(36)33(17)21-5-3-4-20(13-21)27(28,29)30/h3-9,12-13,22,34H,10-11,14-16H2,1-2H3,(H,31,35). The summed E-state index contributed by atoms with van der Waals surface area (Å²) in [6.45, 7) is 3.08. The normalized spacial score (nSPS) is 17.0. The predicted octanol–water partition coefficient (Wildman–Crippen LogP) is 3.40. The number of rotatable bonds is 7. The summed E-state index contributed by atoms with van der Waals surface area (Å²) in [6.07, 6.45) is -2.94. The van der Waals surface area contributed by atoms with E-state index in [0.29, 0.717) is 42.2 Å². The Labute approximate surface area is 221 Å². The van der Waals surface area contributed by atoms with E-state index in [9.17, 15) is 32.4 Å². The van der Waals surface area contributed by atoms with Crippen molar-refractivity contribution in [3.8, 4) is 5.69 Å². The van der Waals surface area contributed by atoms with Gasteiger partial charge in [-0.05, 0) is 72.0 Å². The molecule has 1 aromatic heterocycles. The first-order valence-electron chi connectivity index (χ1n) is 12.0. The maximum atomic E-state index is 13.5. The molecule has 2 heterocycles. The van der Waals surface area contributed by atoms with Crippen molar-refractivity contribution in [3.63, 3.8) is 0 Å². The van der Waals surface area contributed by atoms with Gasteiger partial charge in [-0.25, -0.2) is 0 Å². The number of alkyl halides is 3. The lowest BCUT2D eigenvalue weighted by atomic mass is 10.1. The summed E-state index contributed by atoms with van der Waals surface area (Å²) in [5.74, 6) is -0.665. The second kappa shape index (κ2) is 11.3. The summed E-state index contributed by atoms with van der Waals surface area (Å²) in [5.41, 5.74) is -0.106. The number of aliphatic hydroxyl groups excluding tert-OH is 1. The molecule has 2 N–H and O–H groups in total. The van der Waals surface area contributed by atoms with Crippen LogP contribution in [-0.2, 0) is 30.4 Å². The first-order valence-corrected chi connectivity index (χ1v) is 13.5. The van der Waals surface area contributed by atoms with Crippen LogP contribution in [0.4, 0.5) is 13.2 Å². The number of aliphatic hydroxyl groups is 1. The molecule has 202 valence electrons. The summed E-state index contributed by atoms with van der Waals surface area (Å²) < 4.78 is 53.0. The first kappa shape index (κ1) is 27.9. The van der Waals surface area contributed by atoms with Crippen LogP contribution < -0.4 is 10.9 Å². The average molecular weight is 548 g/mol. The van der Waals surface area contributed by atoms with Gasteiger partial charge in [-0.1, -0.05) is 18.2 Å². The van der Waals surface area contributed by atoms with Gasteiger partial charge in [0.25, 0.3) is 11.5 Å². The molecule has 2 atom stereocenters. The lowest BCUT2D eigenvalue weighted by molar-refractivity contribution is -0.137. The van der Waals surface area contributed by atoms with Crippen LogP contribution >= 0.6 is 0 Å². The molecular formula is C27H28F3N3O4S. The van der Waals surface area contributed by atoms with Gasteiger partial charge in [-0.2, -0.15) is 13.2 Å². The minimum Gasteiger partial charge on any atom is -0.612 e. The maximum Gasteiger partial charge on any atom is 0.416 e. The Morgan fingerprint density at radius 3 is 2.50 bits per heavy atom. The van der Waals surface area contributed by atoms with E-state index >= 15 is 0 Å². The molecule has 38 heavy (non-hydrogen) atoms. The number of aromatic nitrogens is 1. The minimum absolute atomic E-state index is 0.00263. The zero-order valence-electron chi connectivity index (χ0n) is 20.9. The van der Waals surface area contributed by atoms with Crippen molar-refractivity contribution in [2.75, 3.05) is 19.3 Å². The zero-order valence-corrected chi connectivity index (χ0v) is 21.7.